The zero-order valence-corrected chi connectivity index (χ0v) is 36.0. The van der Waals surface area contributed by atoms with Gasteiger partial charge in [-0.15, -0.1) is 10.2 Å². The maximum Gasteiger partial charge on any atom is 0.242 e. The number of fused-ring (bicyclic) bond motifs is 11. The molecule has 2 aromatic heterocycles. The van der Waals surface area contributed by atoms with E-state index in [-0.39, 0.29) is 12.1 Å². The van der Waals surface area contributed by atoms with E-state index in [4.69, 9.17) is 29.4 Å². The van der Waals surface area contributed by atoms with Crippen molar-refractivity contribution in [2.75, 3.05) is 20.2 Å². The minimum Gasteiger partial charge on any atom is -0.497 e. The number of piperidine rings is 3. The third-order valence-corrected chi connectivity index (χ3v) is 14.4. The molecule has 3 fully saturated rings. The maximum atomic E-state index is 7.46. The fraction of sp³-hybridized carbons (Fsp3) is 0.211. The summed E-state index contributed by atoms with van der Waals surface area (Å²) in [5.74, 6) is 3.08. The summed E-state index contributed by atoms with van der Waals surface area (Å²) in [7, 11) is 1.71. The third-order valence-electron chi connectivity index (χ3n) is 14.4. The van der Waals surface area contributed by atoms with Crippen LogP contribution in [0.5, 0.6) is 17.5 Å². The SMILES string of the molecule is CCC1CN2CCC1CC2[C@@H](Oc1nnc(OC(c2cc3ccccc3c3ccccc23)c2cc3ccccc3c3ccccc23)c2ccccc12)c1ccnc2ccc(OC)cc12. The molecule has 4 unspecified atom stereocenters. The predicted octanol–water partition coefficient (Wildman–Crippen LogP) is 13.2. The number of aromatic nitrogens is 3. The van der Waals surface area contributed by atoms with E-state index in [1.165, 1.54) is 34.4 Å². The molecule has 3 aliphatic rings. The first-order valence-corrected chi connectivity index (χ1v) is 22.7. The molecule has 0 amide bonds. The Kier molecular flexibility index (Phi) is 9.59. The van der Waals surface area contributed by atoms with Gasteiger partial charge >= 0.3 is 0 Å². The summed E-state index contributed by atoms with van der Waals surface area (Å²) < 4.78 is 20.6. The van der Waals surface area contributed by atoms with Crippen LogP contribution < -0.4 is 14.2 Å². The zero-order valence-electron chi connectivity index (χ0n) is 36.0. The van der Waals surface area contributed by atoms with Crippen LogP contribution in [0.2, 0.25) is 0 Å². The van der Waals surface area contributed by atoms with Crippen LogP contribution in [0.4, 0.5) is 0 Å². The van der Waals surface area contributed by atoms with E-state index in [1.54, 1.807) is 7.11 Å². The number of benzene rings is 8. The van der Waals surface area contributed by atoms with Gasteiger partial charge in [0, 0.05) is 34.8 Å². The third kappa shape index (κ3) is 6.48. The van der Waals surface area contributed by atoms with Crippen molar-refractivity contribution in [2.24, 2.45) is 11.8 Å². The Bertz CT molecular complexity index is 3290. The quantitative estimate of drug-likeness (QED) is 0.127. The lowest BCUT2D eigenvalue weighted by atomic mass is 9.72. The molecule has 2 bridgehead atoms. The first kappa shape index (κ1) is 38.6. The Morgan fingerprint density at radius 3 is 1.72 bits per heavy atom. The highest BCUT2D eigenvalue weighted by Crippen LogP contribution is 2.47. The largest absolute Gasteiger partial charge is 0.497 e. The summed E-state index contributed by atoms with van der Waals surface area (Å²) in [6, 6.07) is 55.8. The minimum absolute atomic E-state index is 0.154. The first-order valence-electron chi connectivity index (χ1n) is 22.7. The predicted molar refractivity (Wildman–Crippen MR) is 258 cm³/mol. The van der Waals surface area contributed by atoms with Gasteiger partial charge in [0.2, 0.25) is 11.8 Å². The number of nitrogens with zero attached hydrogens (tertiary/aromatic N) is 4. The van der Waals surface area contributed by atoms with Crippen LogP contribution in [0, 0.1) is 11.8 Å². The average Bonchev–Trinajstić information content (AvgIpc) is 3.37. The number of methoxy groups -OCH3 is 1. The van der Waals surface area contributed by atoms with Gasteiger partial charge in [0.15, 0.2) is 6.10 Å². The van der Waals surface area contributed by atoms with E-state index >= 15 is 0 Å². The van der Waals surface area contributed by atoms with E-state index < -0.39 is 6.10 Å². The van der Waals surface area contributed by atoms with Crippen molar-refractivity contribution in [3.63, 3.8) is 0 Å². The van der Waals surface area contributed by atoms with Crippen LogP contribution in [0.1, 0.15) is 55.1 Å². The van der Waals surface area contributed by atoms with Gasteiger partial charge in [-0.1, -0.05) is 123 Å². The maximum absolute atomic E-state index is 7.46. The van der Waals surface area contributed by atoms with Crippen LogP contribution in [0.25, 0.3) is 64.8 Å². The van der Waals surface area contributed by atoms with E-state index in [2.05, 4.69) is 145 Å². The molecule has 314 valence electrons. The highest BCUT2D eigenvalue weighted by atomic mass is 16.5. The smallest absolute Gasteiger partial charge is 0.242 e. The molecule has 0 aliphatic carbocycles. The van der Waals surface area contributed by atoms with Crippen molar-refractivity contribution in [1.82, 2.24) is 20.1 Å². The molecule has 3 aliphatic heterocycles. The molecule has 0 spiro atoms. The van der Waals surface area contributed by atoms with Crippen LogP contribution in [0.3, 0.4) is 0 Å². The Morgan fingerprint density at radius 2 is 1.14 bits per heavy atom. The van der Waals surface area contributed by atoms with Crippen LogP contribution in [-0.2, 0) is 0 Å². The standard InChI is InChI=1S/C57H48N4O3/c1-3-35-34-61-29-27-36(35)32-53(61)55(46-26-28-58-52-25-24-39(62-2)33-49(46)52)64-57-48-23-13-12-22-47(48)56(59-60-57)63-54(50-30-37-14-4-6-16-40(37)42-18-8-10-20-44(42)50)51-31-38-15-5-7-17-41(38)43-19-9-11-21-45(43)51/h4-26,28,30-31,33,35-36,53-55H,3,27,29,32,34H2,1-2H3/t35?,36?,53?,55-/m0/s1. The molecule has 0 N–H and O–H groups in total. The highest BCUT2D eigenvalue weighted by molar-refractivity contribution is 6.11. The number of hydrogen-bond acceptors (Lipinski definition) is 7. The van der Waals surface area contributed by atoms with Crippen LogP contribution in [0.15, 0.2) is 164 Å². The lowest BCUT2D eigenvalue weighted by Crippen LogP contribution is -2.56. The summed E-state index contributed by atoms with van der Waals surface area (Å²) in [6.45, 7) is 4.47. The lowest BCUT2D eigenvalue weighted by molar-refractivity contribution is -0.0491. The summed E-state index contributed by atoms with van der Waals surface area (Å²) in [5.41, 5.74) is 4.11. The van der Waals surface area contributed by atoms with Gasteiger partial charge in [-0.25, -0.2) is 0 Å². The molecule has 10 aromatic rings. The molecular weight excluding hydrogens is 789 g/mol. The van der Waals surface area contributed by atoms with Crippen LogP contribution in [-0.4, -0.2) is 46.3 Å². The summed E-state index contributed by atoms with van der Waals surface area (Å²) in [6.07, 6.45) is 4.50. The van der Waals surface area contributed by atoms with E-state index in [0.29, 0.717) is 23.6 Å². The molecule has 3 saturated heterocycles. The minimum atomic E-state index is -0.545. The van der Waals surface area contributed by atoms with Crippen LogP contribution >= 0.6 is 0 Å². The Hall–Kier alpha value is -7.09. The van der Waals surface area contributed by atoms with Gasteiger partial charge in [0.1, 0.15) is 11.9 Å². The summed E-state index contributed by atoms with van der Waals surface area (Å²) in [5, 5.41) is 22.0. The molecule has 64 heavy (non-hydrogen) atoms. The van der Waals surface area contributed by atoms with Crippen molar-refractivity contribution >= 4 is 64.8 Å². The molecule has 7 heteroatoms. The van der Waals surface area contributed by atoms with E-state index in [1.807, 2.05) is 30.5 Å². The summed E-state index contributed by atoms with van der Waals surface area (Å²) in [4.78, 5) is 7.42. The lowest BCUT2D eigenvalue weighted by Gasteiger charge is -2.51. The van der Waals surface area contributed by atoms with E-state index in [0.717, 1.165) is 85.2 Å². The molecule has 8 aromatic carbocycles. The van der Waals surface area contributed by atoms with Crippen molar-refractivity contribution in [3.05, 3.63) is 181 Å². The molecule has 13 rings (SSSR count). The Morgan fingerprint density at radius 1 is 0.578 bits per heavy atom. The summed E-state index contributed by atoms with van der Waals surface area (Å²) >= 11 is 0. The number of rotatable bonds is 10. The Balaban J connectivity index is 1.03. The number of pyridine rings is 1. The first-order chi connectivity index (χ1) is 31.6. The number of ether oxygens (including phenoxy) is 3. The van der Waals surface area contributed by atoms with Gasteiger partial charge in [-0.2, -0.15) is 0 Å². The van der Waals surface area contributed by atoms with Crippen molar-refractivity contribution < 1.29 is 14.2 Å². The highest BCUT2D eigenvalue weighted by Gasteiger charge is 2.44. The number of hydrogen-bond donors (Lipinski definition) is 0. The van der Waals surface area contributed by atoms with Gasteiger partial charge in [-0.3, -0.25) is 9.88 Å². The normalized spacial score (nSPS) is 19.0. The monoisotopic (exact) mass is 836 g/mol. The van der Waals surface area contributed by atoms with Gasteiger partial charge in [0.05, 0.1) is 29.4 Å². The fourth-order valence-corrected chi connectivity index (χ4v) is 11.2. The van der Waals surface area contributed by atoms with Crippen molar-refractivity contribution in [2.45, 2.75) is 44.4 Å². The van der Waals surface area contributed by atoms with Crippen molar-refractivity contribution in [1.29, 1.82) is 0 Å². The zero-order chi connectivity index (χ0) is 42.7. The molecular formula is C57H48N4O3. The second-order valence-electron chi connectivity index (χ2n) is 17.7. The van der Waals surface area contributed by atoms with Gasteiger partial charge in [-0.05, 0) is 123 Å². The molecule has 5 heterocycles. The second kappa shape index (κ2) is 15.9. The topological polar surface area (TPSA) is 69.6 Å². The van der Waals surface area contributed by atoms with Crippen molar-refractivity contribution in [3.8, 4) is 17.5 Å². The molecule has 5 atom stereocenters. The van der Waals surface area contributed by atoms with E-state index in [9.17, 15) is 0 Å². The molecule has 7 nitrogen and oxygen atoms in total. The molecule has 0 saturated carbocycles. The van der Waals surface area contributed by atoms with Gasteiger partial charge < -0.3 is 14.2 Å². The average molecular weight is 837 g/mol. The second-order valence-corrected chi connectivity index (χ2v) is 17.7. The van der Waals surface area contributed by atoms with Gasteiger partial charge in [0.25, 0.3) is 0 Å². The molecule has 0 radical (unpaired) electrons. The fourth-order valence-electron chi connectivity index (χ4n) is 11.2. The Labute approximate surface area is 372 Å².